The number of fused-ring (bicyclic) bond motifs is 1. The summed E-state index contributed by atoms with van der Waals surface area (Å²) in [4.78, 5) is 12.5. The Balaban J connectivity index is 1.72. The molecule has 2 N–H and O–H groups in total. The minimum absolute atomic E-state index is 0.0677. The highest BCUT2D eigenvalue weighted by molar-refractivity contribution is 7.57. The average molecular weight is 488 g/mol. The molecule has 0 unspecified atom stereocenters. The maximum atomic E-state index is 12.8. The molecular weight excluding hydrogens is 457 g/mol. The normalized spacial score (nSPS) is 18.5. The molecule has 1 saturated heterocycles. The molecule has 2 aromatic rings. The SMILES string of the molecule is CCOP(=O)(/C=C/[C@@H](CCn1cnc2c(Cl)nc(N)nc21)CO[C@H]1CCCCO1)OCC. The topological polar surface area (TPSA) is 124 Å². The summed E-state index contributed by atoms with van der Waals surface area (Å²) >= 11 is 6.12. The van der Waals surface area contributed by atoms with Gasteiger partial charge in [0.05, 0.1) is 26.1 Å². The maximum Gasteiger partial charge on any atom is 0.353 e. The lowest BCUT2D eigenvalue weighted by Gasteiger charge is -2.25. The Morgan fingerprint density at radius 3 is 2.81 bits per heavy atom. The second-order valence-electron chi connectivity index (χ2n) is 7.38. The van der Waals surface area contributed by atoms with Crippen molar-refractivity contribution >= 4 is 36.3 Å². The van der Waals surface area contributed by atoms with E-state index >= 15 is 0 Å². The van der Waals surface area contributed by atoms with Gasteiger partial charge in [0.15, 0.2) is 17.1 Å². The van der Waals surface area contributed by atoms with E-state index in [0.717, 1.165) is 19.3 Å². The standard InChI is InChI=1S/C20H31ClN5O5P/c1-3-30-32(27,31-4-2)12-9-15(13-29-16-7-5-6-11-28-16)8-10-26-14-23-17-18(21)24-20(22)25-19(17)26/h9,12,14-16H,3-8,10-11,13H2,1-2H3,(H2,22,24,25)/b12-9+/t15-,16+/m1/s1. The third kappa shape index (κ3) is 6.97. The first-order valence-electron chi connectivity index (χ1n) is 10.9. The molecule has 1 fully saturated rings. The van der Waals surface area contributed by atoms with Crippen LogP contribution in [-0.4, -0.2) is 52.2 Å². The Morgan fingerprint density at radius 1 is 1.34 bits per heavy atom. The van der Waals surface area contributed by atoms with Crippen molar-refractivity contribution in [3.05, 3.63) is 23.4 Å². The number of rotatable bonds is 12. The molecule has 0 saturated carbocycles. The zero-order valence-electron chi connectivity index (χ0n) is 18.5. The number of aryl methyl sites for hydroxylation is 1. The minimum Gasteiger partial charge on any atom is -0.368 e. The Morgan fingerprint density at radius 2 is 2.12 bits per heavy atom. The molecule has 3 heterocycles. The van der Waals surface area contributed by atoms with Gasteiger partial charge in [0.2, 0.25) is 5.95 Å². The zero-order chi connectivity index (χ0) is 23.0. The summed E-state index contributed by atoms with van der Waals surface area (Å²) in [5.41, 5.74) is 6.80. The predicted molar refractivity (Wildman–Crippen MR) is 122 cm³/mol. The molecule has 10 nitrogen and oxygen atoms in total. The fourth-order valence-electron chi connectivity index (χ4n) is 3.41. The summed E-state index contributed by atoms with van der Waals surface area (Å²) in [6, 6.07) is 0. The number of aromatic nitrogens is 4. The second-order valence-corrected chi connectivity index (χ2v) is 9.63. The lowest BCUT2D eigenvalue weighted by Crippen LogP contribution is -2.25. The van der Waals surface area contributed by atoms with Crippen molar-refractivity contribution in [2.75, 3.05) is 32.2 Å². The summed E-state index contributed by atoms with van der Waals surface area (Å²) in [5.74, 6) is 1.55. The van der Waals surface area contributed by atoms with Crippen molar-refractivity contribution < 1.29 is 23.1 Å². The molecule has 1 aliphatic heterocycles. The van der Waals surface area contributed by atoms with Crippen molar-refractivity contribution in [2.45, 2.75) is 52.4 Å². The molecule has 0 amide bonds. The van der Waals surface area contributed by atoms with Gasteiger partial charge in [-0.15, -0.1) is 0 Å². The first-order chi connectivity index (χ1) is 15.4. The number of nitrogens with zero attached hydrogens (tertiary/aromatic N) is 4. The van der Waals surface area contributed by atoms with E-state index in [-0.39, 0.29) is 23.3 Å². The Labute approximate surface area is 193 Å². The Bertz CT molecular complexity index is 940. The molecule has 32 heavy (non-hydrogen) atoms. The molecule has 12 heteroatoms. The van der Waals surface area contributed by atoms with E-state index in [1.807, 2.05) is 10.6 Å². The first kappa shape index (κ1) is 25.1. The van der Waals surface area contributed by atoms with E-state index < -0.39 is 7.60 Å². The van der Waals surface area contributed by atoms with E-state index in [4.69, 9.17) is 35.9 Å². The van der Waals surface area contributed by atoms with Crippen molar-refractivity contribution in [1.82, 2.24) is 19.5 Å². The monoisotopic (exact) mass is 487 g/mol. The fourth-order valence-corrected chi connectivity index (χ4v) is 5.05. The molecule has 2 aromatic heterocycles. The van der Waals surface area contributed by atoms with E-state index in [1.54, 1.807) is 20.2 Å². The third-order valence-corrected chi connectivity index (χ3v) is 7.01. The highest BCUT2D eigenvalue weighted by Gasteiger charge is 2.22. The predicted octanol–water partition coefficient (Wildman–Crippen LogP) is 4.39. The summed E-state index contributed by atoms with van der Waals surface area (Å²) < 4.78 is 37.1. The quantitative estimate of drug-likeness (QED) is 0.342. The van der Waals surface area contributed by atoms with Gasteiger partial charge in [-0.05, 0) is 39.5 Å². The molecule has 2 atom stereocenters. The average Bonchev–Trinajstić information content (AvgIpc) is 3.17. The van der Waals surface area contributed by atoms with Crippen molar-refractivity contribution in [2.24, 2.45) is 5.92 Å². The highest BCUT2D eigenvalue weighted by Crippen LogP contribution is 2.50. The van der Waals surface area contributed by atoms with Gasteiger partial charge in [-0.2, -0.15) is 9.97 Å². The van der Waals surface area contributed by atoms with E-state index in [0.29, 0.717) is 50.6 Å². The number of hydrogen-bond donors (Lipinski definition) is 1. The molecular formula is C20H31ClN5O5P. The van der Waals surface area contributed by atoms with Crippen molar-refractivity contribution in [3.8, 4) is 0 Å². The molecule has 0 aliphatic carbocycles. The van der Waals surface area contributed by atoms with Crippen LogP contribution in [0.1, 0.15) is 39.5 Å². The third-order valence-electron chi connectivity index (χ3n) is 4.97. The number of nitrogen functional groups attached to an aromatic ring is 1. The summed E-state index contributed by atoms with van der Waals surface area (Å²) in [6.07, 6.45) is 6.94. The summed E-state index contributed by atoms with van der Waals surface area (Å²) in [7, 11) is -3.31. The van der Waals surface area contributed by atoms with Crippen LogP contribution >= 0.6 is 19.2 Å². The van der Waals surface area contributed by atoms with E-state index in [9.17, 15) is 4.57 Å². The second kappa shape index (κ2) is 12.1. The number of hydrogen-bond acceptors (Lipinski definition) is 9. The van der Waals surface area contributed by atoms with Crippen LogP contribution in [0.2, 0.25) is 5.15 Å². The largest absolute Gasteiger partial charge is 0.368 e. The van der Waals surface area contributed by atoms with Crippen LogP contribution in [0.4, 0.5) is 5.95 Å². The lowest BCUT2D eigenvalue weighted by atomic mass is 10.1. The lowest BCUT2D eigenvalue weighted by molar-refractivity contribution is -0.167. The number of anilines is 1. The Hall–Kier alpha value is -1.55. The molecule has 0 radical (unpaired) electrons. The summed E-state index contributed by atoms with van der Waals surface area (Å²) in [6.45, 7) is 5.83. The van der Waals surface area contributed by atoms with Gasteiger partial charge >= 0.3 is 7.60 Å². The van der Waals surface area contributed by atoms with Gasteiger partial charge < -0.3 is 28.8 Å². The summed E-state index contributed by atoms with van der Waals surface area (Å²) in [5, 5.41) is 0.217. The van der Waals surface area contributed by atoms with Crippen LogP contribution in [0, 0.1) is 5.92 Å². The van der Waals surface area contributed by atoms with Crippen molar-refractivity contribution in [3.63, 3.8) is 0 Å². The Kier molecular flexibility index (Phi) is 9.46. The number of halogens is 1. The van der Waals surface area contributed by atoms with Gasteiger partial charge in [0.1, 0.15) is 5.52 Å². The van der Waals surface area contributed by atoms with Crippen LogP contribution in [0.5, 0.6) is 0 Å². The number of imidazole rings is 1. The van der Waals surface area contributed by atoms with Crippen LogP contribution in [0.25, 0.3) is 11.2 Å². The first-order valence-corrected chi connectivity index (χ1v) is 12.9. The maximum absolute atomic E-state index is 12.8. The minimum atomic E-state index is -3.31. The van der Waals surface area contributed by atoms with Crippen molar-refractivity contribution in [1.29, 1.82) is 0 Å². The smallest absolute Gasteiger partial charge is 0.353 e. The fraction of sp³-hybridized carbons (Fsp3) is 0.650. The zero-order valence-corrected chi connectivity index (χ0v) is 20.1. The highest BCUT2D eigenvalue weighted by atomic mass is 35.5. The molecule has 3 rings (SSSR count). The number of ether oxygens (including phenoxy) is 2. The molecule has 0 bridgehead atoms. The van der Waals surface area contributed by atoms with E-state index in [2.05, 4.69) is 15.0 Å². The van der Waals surface area contributed by atoms with Gasteiger partial charge in [0, 0.05) is 24.9 Å². The van der Waals surface area contributed by atoms with Gasteiger partial charge in [-0.1, -0.05) is 17.7 Å². The van der Waals surface area contributed by atoms with Crippen LogP contribution < -0.4 is 5.73 Å². The van der Waals surface area contributed by atoms with Gasteiger partial charge in [-0.25, -0.2) is 4.98 Å². The van der Waals surface area contributed by atoms with Gasteiger partial charge in [-0.3, -0.25) is 4.57 Å². The van der Waals surface area contributed by atoms with Crippen LogP contribution in [0.3, 0.4) is 0 Å². The van der Waals surface area contributed by atoms with Crippen LogP contribution in [0.15, 0.2) is 18.2 Å². The molecule has 0 aromatic carbocycles. The van der Waals surface area contributed by atoms with Gasteiger partial charge in [0.25, 0.3) is 0 Å². The molecule has 0 spiro atoms. The van der Waals surface area contributed by atoms with Crippen LogP contribution in [-0.2, 0) is 29.6 Å². The molecule has 1 aliphatic rings. The number of nitrogens with two attached hydrogens (primary N) is 1. The molecule has 178 valence electrons. The van der Waals surface area contributed by atoms with E-state index in [1.165, 1.54) is 5.82 Å².